The van der Waals surface area contributed by atoms with Gasteiger partial charge in [0.2, 0.25) is 0 Å². The second-order valence-electron chi connectivity index (χ2n) is 14.4. The molecule has 1 saturated heterocycles. The zero-order valence-corrected chi connectivity index (χ0v) is 27.4. The molecular weight excluding hydrogens is 583 g/mol. The van der Waals surface area contributed by atoms with Crippen molar-refractivity contribution in [1.29, 1.82) is 0 Å². The van der Waals surface area contributed by atoms with Gasteiger partial charge >= 0.3 is 0 Å². The van der Waals surface area contributed by atoms with Crippen molar-refractivity contribution in [2.45, 2.75) is 50.0 Å². The lowest BCUT2D eigenvalue weighted by Crippen LogP contribution is -2.66. The molecule has 0 spiro atoms. The second-order valence-corrected chi connectivity index (χ2v) is 14.4. The van der Waals surface area contributed by atoms with Crippen molar-refractivity contribution in [1.82, 2.24) is 5.32 Å². The summed E-state index contributed by atoms with van der Waals surface area (Å²) in [5.74, 6) is 0.718. The molecule has 3 heteroatoms. The maximum atomic E-state index is 3.91. The van der Waals surface area contributed by atoms with E-state index >= 15 is 0 Å². The van der Waals surface area contributed by atoms with Gasteiger partial charge in [-0.1, -0.05) is 141 Å². The molecule has 5 aliphatic rings. The van der Waals surface area contributed by atoms with E-state index in [-0.39, 0.29) is 29.7 Å². The van der Waals surface area contributed by atoms with Gasteiger partial charge in [-0.3, -0.25) is 5.32 Å². The van der Waals surface area contributed by atoms with Crippen LogP contribution in [-0.2, 0) is 5.41 Å². The summed E-state index contributed by atoms with van der Waals surface area (Å²) in [5.41, 5.74) is 12.3. The van der Waals surface area contributed by atoms with E-state index in [2.05, 4.69) is 181 Å². The Bertz CT molecular complexity index is 2200. The number of hydrogen-bond donors (Lipinski definition) is 1. The predicted molar refractivity (Wildman–Crippen MR) is 200 cm³/mol. The SMILES string of the molecule is CC1(C)c2ccccc2-c2c1c1c(c3ccccc23)N(c2ccc(N3C(c4ccccc4)NC3C3C=CC=CC3)cc2)C2C=CC=CC12. The van der Waals surface area contributed by atoms with Crippen LogP contribution in [0, 0.1) is 5.92 Å². The van der Waals surface area contributed by atoms with E-state index in [4.69, 9.17) is 0 Å². The summed E-state index contributed by atoms with van der Waals surface area (Å²) < 4.78 is 0. The fourth-order valence-electron chi connectivity index (χ4n) is 9.45. The van der Waals surface area contributed by atoms with Crippen molar-refractivity contribution in [2.24, 2.45) is 5.92 Å². The van der Waals surface area contributed by atoms with Crippen LogP contribution in [0.4, 0.5) is 17.1 Å². The Morgan fingerprint density at radius 1 is 0.688 bits per heavy atom. The number of allylic oxidation sites excluding steroid dienone is 5. The molecule has 2 aliphatic heterocycles. The lowest BCUT2D eigenvalue weighted by molar-refractivity contribution is 0.221. The van der Waals surface area contributed by atoms with Gasteiger partial charge in [-0.25, -0.2) is 0 Å². The van der Waals surface area contributed by atoms with Crippen LogP contribution in [0.3, 0.4) is 0 Å². The molecule has 5 aromatic rings. The molecule has 0 bridgehead atoms. The van der Waals surface area contributed by atoms with Gasteiger partial charge in [-0.2, -0.15) is 0 Å². The summed E-state index contributed by atoms with van der Waals surface area (Å²) in [6, 6.07) is 38.7. The highest BCUT2D eigenvalue weighted by Crippen LogP contribution is 2.61. The first-order chi connectivity index (χ1) is 23.6. The lowest BCUT2D eigenvalue weighted by Gasteiger charge is -2.54. The minimum Gasteiger partial charge on any atom is -0.336 e. The molecule has 234 valence electrons. The van der Waals surface area contributed by atoms with Gasteiger partial charge in [0.15, 0.2) is 0 Å². The molecule has 1 N–H and O–H groups in total. The van der Waals surface area contributed by atoms with Crippen LogP contribution >= 0.6 is 0 Å². The van der Waals surface area contributed by atoms with Crippen molar-refractivity contribution in [2.75, 3.05) is 9.80 Å². The maximum Gasteiger partial charge on any atom is 0.109 e. The molecule has 3 aliphatic carbocycles. The maximum absolute atomic E-state index is 3.91. The van der Waals surface area contributed by atoms with Gasteiger partial charge in [0.05, 0.1) is 17.9 Å². The van der Waals surface area contributed by atoms with E-state index in [0.717, 1.165) is 6.42 Å². The molecule has 48 heavy (non-hydrogen) atoms. The average molecular weight is 622 g/mol. The number of nitrogens with zero attached hydrogens (tertiary/aromatic N) is 2. The van der Waals surface area contributed by atoms with Crippen LogP contribution < -0.4 is 15.1 Å². The summed E-state index contributed by atoms with van der Waals surface area (Å²) in [6.07, 6.45) is 19.8. The smallest absolute Gasteiger partial charge is 0.109 e. The van der Waals surface area contributed by atoms with Crippen molar-refractivity contribution in [3.05, 3.63) is 174 Å². The molecule has 2 heterocycles. The number of benzene rings is 5. The average Bonchev–Trinajstić information content (AvgIpc) is 3.59. The van der Waals surface area contributed by atoms with E-state index in [1.165, 1.54) is 61.2 Å². The molecule has 0 radical (unpaired) electrons. The lowest BCUT2D eigenvalue weighted by atomic mass is 9.75. The number of rotatable bonds is 4. The van der Waals surface area contributed by atoms with Crippen LogP contribution in [0.5, 0.6) is 0 Å². The molecule has 1 fully saturated rings. The number of anilines is 3. The van der Waals surface area contributed by atoms with Gasteiger partial charge in [0, 0.05) is 34.0 Å². The Hall–Kier alpha value is -5.12. The largest absolute Gasteiger partial charge is 0.336 e. The molecule has 5 unspecified atom stereocenters. The van der Waals surface area contributed by atoms with Crippen molar-refractivity contribution in [3.63, 3.8) is 0 Å². The Morgan fingerprint density at radius 3 is 2.21 bits per heavy atom. The van der Waals surface area contributed by atoms with Gasteiger partial charge in [0.1, 0.15) is 6.17 Å². The highest BCUT2D eigenvalue weighted by Gasteiger charge is 2.48. The molecule has 5 atom stereocenters. The van der Waals surface area contributed by atoms with Gasteiger partial charge < -0.3 is 9.80 Å². The van der Waals surface area contributed by atoms with Gasteiger partial charge in [-0.15, -0.1) is 0 Å². The van der Waals surface area contributed by atoms with Crippen LogP contribution in [0.25, 0.3) is 21.9 Å². The third kappa shape index (κ3) is 3.85. The standard InChI is InChI=1S/C45H39N3/c1-45(2)37-23-13-11-21-35(37)39-33-19-9-10-20-34(33)42-40(41(39)45)36-22-12-14-24-38(36)47(42)31-25-27-32(28-26-31)48-43(29-15-5-3-6-16-29)46-44(48)30-17-7-4-8-18-30/h3-17,19-28,30,36,38,43-44,46H,18H2,1-2H3. The Kier molecular flexibility index (Phi) is 6.08. The van der Waals surface area contributed by atoms with Crippen LogP contribution in [0.2, 0.25) is 0 Å². The van der Waals surface area contributed by atoms with Crippen LogP contribution in [0.1, 0.15) is 54.6 Å². The summed E-state index contributed by atoms with van der Waals surface area (Å²) in [4.78, 5) is 5.22. The molecule has 5 aromatic carbocycles. The Labute approximate surface area is 283 Å². The first kappa shape index (κ1) is 27.9. The molecule has 0 aromatic heterocycles. The number of hydrogen-bond acceptors (Lipinski definition) is 3. The van der Waals surface area contributed by atoms with E-state index in [9.17, 15) is 0 Å². The third-order valence-corrected chi connectivity index (χ3v) is 11.6. The fraction of sp³-hybridized carbons (Fsp3) is 0.200. The zero-order valence-electron chi connectivity index (χ0n) is 27.4. The van der Waals surface area contributed by atoms with Gasteiger partial charge in [-0.05, 0) is 69.5 Å². The summed E-state index contributed by atoms with van der Waals surface area (Å²) >= 11 is 0. The van der Waals surface area contributed by atoms with Gasteiger partial charge in [0.25, 0.3) is 0 Å². The topological polar surface area (TPSA) is 18.5 Å². The highest BCUT2D eigenvalue weighted by molar-refractivity contribution is 6.12. The minimum absolute atomic E-state index is 0.0891. The van der Waals surface area contributed by atoms with E-state index < -0.39 is 0 Å². The predicted octanol–water partition coefficient (Wildman–Crippen LogP) is 10.4. The third-order valence-electron chi connectivity index (χ3n) is 11.6. The van der Waals surface area contributed by atoms with Crippen molar-refractivity contribution >= 4 is 27.8 Å². The van der Waals surface area contributed by atoms with Crippen LogP contribution in [-0.4, -0.2) is 12.2 Å². The molecule has 0 saturated carbocycles. The zero-order chi connectivity index (χ0) is 32.0. The summed E-state index contributed by atoms with van der Waals surface area (Å²) in [6.45, 7) is 4.86. The minimum atomic E-state index is -0.0891. The summed E-state index contributed by atoms with van der Waals surface area (Å²) in [5, 5.41) is 6.60. The normalized spacial score (nSPS) is 25.5. The second kappa shape index (κ2) is 10.4. The first-order valence-electron chi connectivity index (χ1n) is 17.5. The number of fused-ring (bicyclic) bond motifs is 10. The Balaban J connectivity index is 1.12. The molecule has 10 rings (SSSR count). The van der Waals surface area contributed by atoms with Crippen LogP contribution in [0.15, 0.2) is 152 Å². The highest BCUT2D eigenvalue weighted by atomic mass is 15.5. The Morgan fingerprint density at radius 2 is 1.40 bits per heavy atom. The van der Waals surface area contributed by atoms with Crippen molar-refractivity contribution in [3.8, 4) is 11.1 Å². The molecule has 0 amide bonds. The van der Waals surface area contributed by atoms with Crippen molar-refractivity contribution < 1.29 is 0 Å². The fourth-order valence-corrected chi connectivity index (χ4v) is 9.45. The monoisotopic (exact) mass is 621 g/mol. The molecule has 3 nitrogen and oxygen atoms in total. The van der Waals surface area contributed by atoms with E-state index in [1.807, 2.05) is 0 Å². The number of nitrogens with one attached hydrogen (secondary N) is 1. The molecular formula is C45H39N3. The first-order valence-corrected chi connectivity index (χ1v) is 17.5. The van der Waals surface area contributed by atoms with E-state index in [1.54, 1.807) is 0 Å². The van der Waals surface area contributed by atoms with E-state index in [0.29, 0.717) is 5.92 Å². The quantitative estimate of drug-likeness (QED) is 0.215. The summed E-state index contributed by atoms with van der Waals surface area (Å²) in [7, 11) is 0.